The minimum atomic E-state index is -3.04. The SMILES string of the molecule is Cc1onc(C(=O)Nc2ccc(OC(F)F)c(Cl)c2)c1Cn1cc([N+](=O)[O-])cn1. The fraction of sp³-hybridized carbons (Fsp3) is 0.188. The molecule has 0 radical (unpaired) electrons. The van der Waals surface area contributed by atoms with E-state index in [0.29, 0.717) is 11.3 Å². The van der Waals surface area contributed by atoms with E-state index in [4.69, 9.17) is 16.1 Å². The van der Waals surface area contributed by atoms with Gasteiger partial charge in [-0.05, 0) is 25.1 Å². The van der Waals surface area contributed by atoms with E-state index in [1.165, 1.54) is 29.1 Å². The number of aryl methyl sites for hydroxylation is 1. The first-order valence-corrected chi connectivity index (χ1v) is 8.30. The van der Waals surface area contributed by atoms with Crippen molar-refractivity contribution in [3.63, 3.8) is 0 Å². The van der Waals surface area contributed by atoms with Crippen LogP contribution in [-0.4, -0.2) is 32.4 Å². The smallest absolute Gasteiger partial charge is 0.387 e. The lowest BCUT2D eigenvalue weighted by molar-refractivity contribution is -0.385. The molecule has 2 aromatic heterocycles. The molecule has 0 fully saturated rings. The average molecular weight is 428 g/mol. The minimum Gasteiger partial charge on any atom is -0.433 e. The van der Waals surface area contributed by atoms with Crippen molar-refractivity contribution < 1.29 is 27.8 Å². The first kappa shape index (κ1) is 20.2. The van der Waals surface area contributed by atoms with Crippen LogP contribution >= 0.6 is 11.6 Å². The summed E-state index contributed by atoms with van der Waals surface area (Å²) in [5.41, 5.74) is 0.308. The van der Waals surface area contributed by atoms with E-state index in [-0.39, 0.29) is 34.4 Å². The monoisotopic (exact) mass is 427 g/mol. The Kier molecular flexibility index (Phi) is 5.73. The molecule has 13 heteroatoms. The molecule has 0 aliphatic heterocycles. The molecular weight excluding hydrogens is 416 g/mol. The van der Waals surface area contributed by atoms with E-state index in [1.807, 2.05) is 0 Å². The van der Waals surface area contributed by atoms with Crippen LogP contribution in [0.4, 0.5) is 20.2 Å². The van der Waals surface area contributed by atoms with Crippen molar-refractivity contribution in [1.29, 1.82) is 0 Å². The van der Waals surface area contributed by atoms with Gasteiger partial charge in [0.15, 0.2) is 5.69 Å². The second-order valence-electron chi connectivity index (χ2n) is 5.70. The lowest BCUT2D eigenvalue weighted by Gasteiger charge is -2.09. The number of nitro groups is 1. The van der Waals surface area contributed by atoms with Gasteiger partial charge in [-0.2, -0.15) is 13.9 Å². The largest absolute Gasteiger partial charge is 0.433 e. The molecule has 0 spiro atoms. The van der Waals surface area contributed by atoms with Crippen LogP contribution in [0.2, 0.25) is 5.02 Å². The van der Waals surface area contributed by atoms with Gasteiger partial charge in [0.1, 0.15) is 23.9 Å². The zero-order chi connectivity index (χ0) is 21.1. The summed E-state index contributed by atoms with van der Waals surface area (Å²) >= 11 is 5.86. The second kappa shape index (κ2) is 8.22. The van der Waals surface area contributed by atoms with E-state index >= 15 is 0 Å². The zero-order valence-corrected chi connectivity index (χ0v) is 15.4. The Morgan fingerprint density at radius 2 is 2.24 bits per heavy atom. The Labute approximate surface area is 166 Å². The highest BCUT2D eigenvalue weighted by Crippen LogP contribution is 2.29. The summed E-state index contributed by atoms with van der Waals surface area (Å²) in [7, 11) is 0. The second-order valence-corrected chi connectivity index (χ2v) is 6.10. The summed E-state index contributed by atoms with van der Waals surface area (Å²) in [6.45, 7) is -1.45. The molecule has 0 atom stereocenters. The quantitative estimate of drug-likeness (QED) is 0.450. The normalized spacial score (nSPS) is 10.9. The van der Waals surface area contributed by atoms with Crippen molar-refractivity contribution in [2.45, 2.75) is 20.1 Å². The number of benzene rings is 1. The fourth-order valence-corrected chi connectivity index (χ4v) is 2.64. The number of alkyl halides is 2. The predicted octanol–water partition coefficient (Wildman–Crippen LogP) is 3.64. The molecule has 0 unspecified atom stereocenters. The molecular formula is C16H12ClF2N5O5. The van der Waals surface area contributed by atoms with Crippen molar-refractivity contribution in [2.24, 2.45) is 0 Å². The number of anilines is 1. The van der Waals surface area contributed by atoms with E-state index in [9.17, 15) is 23.7 Å². The maximum atomic E-state index is 12.6. The van der Waals surface area contributed by atoms with Gasteiger partial charge in [-0.15, -0.1) is 0 Å². The third-order valence-electron chi connectivity index (χ3n) is 3.76. The number of hydrogen-bond acceptors (Lipinski definition) is 7. The van der Waals surface area contributed by atoms with Crippen LogP contribution < -0.4 is 10.1 Å². The molecule has 0 aliphatic carbocycles. The standard InChI is InChI=1S/C16H12ClF2N5O5/c1-8-11(7-23-6-10(5-20-23)24(26)27)14(22-29-8)15(25)21-9-2-3-13(12(17)4-9)28-16(18)19/h2-6,16H,7H2,1H3,(H,21,25). The maximum absolute atomic E-state index is 12.6. The average Bonchev–Trinajstić information content (AvgIpc) is 3.25. The topological polar surface area (TPSA) is 125 Å². The molecule has 1 aromatic carbocycles. The molecule has 0 saturated carbocycles. The van der Waals surface area contributed by atoms with Crippen LogP contribution in [0, 0.1) is 17.0 Å². The van der Waals surface area contributed by atoms with Gasteiger partial charge in [-0.1, -0.05) is 16.8 Å². The third-order valence-corrected chi connectivity index (χ3v) is 4.05. The summed E-state index contributed by atoms with van der Waals surface area (Å²) in [6, 6.07) is 3.74. The number of nitrogens with one attached hydrogen (secondary N) is 1. The zero-order valence-electron chi connectivity index (χ0n) is 14.6. The van der Waals surface area contributed by atoms with Crippen molar-refractivity contribution in [3.05, 3.63) is 62.7 Å². The molecule has 29 heavy (non-hydrogen) atoms. The van der Waals surface area contributed by atoms with Gasteiger partial charge in [-0.3, -0.25) is 19.6 Å². The van der Waals surface area contributed by atoms with E-state index in [2.05, 4.69) is 20.3 Å². The van der Waals surface area contributed by atoms with Crippen molar-refractivity contribution in [2.75, 3.05) is 5.32 Å². The Bertz CT molecular complexity index is 1070. The molecule has 2 heterocycles. The fourth-order valence-electron chi connectivity index (χ4n) is 2.41. The number of hydrogen-bond donors (Lipinski definition) is 1. The Morgan fingerprint density at radius 3 is 2.86 bits per heavy atom. The van der Waals surface area contributed by atoms with Crippen molar-refractivity contribution in [3.8, 4) is 5.75 Å². The molecule has 3 rings (SSSR count). The lowest BCUT2D eigenvalue weighted by atomic mass is 10.2. The molecule has 0 saturated heterocycles. The summed E-state index contributed by atoms with van der Waals surface area (Å²) < 4.78 is 35.1. The molecule has 152 valence electrons. The van der Waals surface area contributed by atoms with E-state index in [1.54, 1.807) is 6.92 Å². The molecule has 0 aliphatic rings. The molecule has 1 N–H and O–H groups in total. The summed E-state index contributed by atoms with van der Waals surface area (Å²) in [4.78, 5) is 22.7. The van der Waals surface area contributed by atoms with Crippen molar-refractivity contribution in [1.82, 2.24) is 14.9 Å². The van der Waals surface area contributed by atoms with E-state index in [0.717, 1.165) is 6.20 Å². The van der Waals surface area contributed by atoms with E-state index < -0.39 is 17.4 Å². The Morgan fingerprint density at radius 1 is 1.48 bits per heavy atom. The first-order chi connectivity index (χ1) is 13.7. The minimum absolute atomic E-state index is 0.00779. The number of nitrogens with zero attached hydrogens (tertiary/aromatic N) is 4. The number of carbonyl (C=O) groups excluding carboxylic acids is 1. The van der Waals surface area contributed by atoms with Gasteiger partial charge >= 0.3 is 12.3 Å². The van der Waals surface area contributed by atoms with Crippen molar-refractivity contribution >= 4 is 28.9 Å². The number of aromatic nitrogens is 3. The van der Waals surface area contributed by atoms with Crippen LogP contribution in [0.15, 0.2) is 35.1 Å². The van der Waals surface area contributed by atoms with Gasteiger partial charge in [0.05, 0.1) is 16.5 Å². The predicted molar refractivity (Wildman–Crippen MR) is 95.3 cm³/mol. The number of rotatable bonds is 7. The maximum Gasteiger partial charge on any atom is 0.387 e. The highest BCUT2D eigenvalue weighted by molar-refractivity contribution is 6.32. The Hall–Kier alpha value is -3.54. The summed E-state index contributed by atoms with van der Waals surface area (Å²) in [5.74, 6) is -0.568. The summed E-state index contributed by atoms with van der Waals surface area (Å²) in [6.07, 6.45) is 2.28. The number of carbonyl (C=O) groups is 1. The van der Waals surface area contributed by atoms with Crippen LogP contribution in [-0.2, 0) is 6.54 Å². The molecule has 3 aromatic rings. The van der Waals surface area contributed by atoms with Crippen LogP contribution in [0.3, 0.4) is 0 Å². The summed E-state index contributed by atoms with van der Waals surface area (Å²) in [5, 5.41) is 20.7. The van der Waals surface area contributed by atoms with Gasteiger partial charge in [0.2, 0.25) is 0 Å². The van der Waals surface area contributed by atoms with Crippen LogP contribution in [0.25, 0.3) is 0 Å². The molecule has 0 bridgehead atoms. The lowest BCUT2D eigenvalue weighted by Crippen LogP contribution is -2.16. The Balaban J connectivity index is 1.78. The highest BCUT2D eigenvalue weighted by Gasteiger charge is 2.22. The molecule has 10 nitrogen and oxygen atoms in total. The highest BCUT2D eigenvalue weighted by atomic mass is 35.5. The molecule has 1 amide bonds. The van der Waals surface area contributed by atoms with Gasteiger partial charge in [0, 0.05) is 11.3 Å². The number of halogens is 3. The number of amides is 1. The number of ether oxygens (including phenoxy) is 1. The third kappa shape index (κ3) is 4.66. The van der Waals surface area contributed by atoms with Gasteiger partial charge < -0.3 is 14.6 Å². The van der Waals surface area contributed by atoms with Crippen LogP contribution in [0.1, 0.15) is 21.8 Å². The van der Waals surface area contributed by atoms with Crippen LogP contribution in [0.5, 0.6) is 5.75 Å². The first-order valence-electron chi connectivity index (χ1n) is 7.92. The van der Waals surface area contributed by atoms with Gasteiger partial charge in [0.25, 0.3) is 5.91 Å². The van der Waals surface area contributed by atoms with Gasteiger partial charge in [-0.25, -0.2) is 0 Å².